The number of halogens is 1. The van der Waals surface area contributed by atoms with Crippen LogP contribution in [0, 0.1) is 0 Å². The molecule has 0 radical (unpaired) electrons. The van der Waals surface area contributed by atoms with Gasteiger partial charge in [0.05, 0.1) is 25.4 Å². The number of likely N-dealkylation sites (N-methyl/N-ethyl adjacent to an activating group) is 1. The van der Waals surface area contributed by atoms with Crippen molar-refractivity contribution < 1.29 is 14.3 Å². The van der Waals surface area contributed by atoms with E-state index in [0.29, 0.717) is 16.5 Å². The Morgan fingerprint density at radius 2 is 1.96 bits per heavy atom. The van der Waals surface area contributed by atoms with Gasteiger partial charge in [0, 0.05) is 17.1 Å². The molecule has 1 aromatic carbocycles. The minimum Gasteiger partial charge on any atom is -0.495 e. The normalized spacial score (nSPS) is 21.1. The fourth-order valence-corrected chi connectivity index (χ4v) is 3.76. The van der Waals surface area contributed by atoms with Crippen LogP contribution in [0.4, 0.5) is 5.69 Å². The van der Waals surface area contributed by atoms with Crippen molar-refractivity contribution in [2.75, 3.05) is 26.0 Å². The van der Waals surface area contributed by atoms with Gasteiger partial charge in [0.1, 0.15) is 5.75 Å². The van der Waals surface area contributed by atoms with Gasteiger partial charge in [-0.25, -0.2) is 0 Å². The first-order chi connectivity index (χ1) is 12.7. The number of carbonyl (C=O) groups excluding carboxylic acids is 2. The molecule has 1 aromatic rings. The zero-order valence-electron chi connectivity index (χ0n) is 16.8. The standard InChI is InChI=1S/C20H30ClN3O3/c1-13-7-6-8-14(2)24(13)20(26)15(3)23(4)12-19(25)22-17-11-16(21)9-10-18(17)27-5/h9-11,13-15H,6-8,12H2,1-5H3,(H,22,25)/t13-,14-,15-/m1/s1. The van der Waals surface area contributed by atoms with Gasteiger partial charge in [0.15, 0.2) is 0 Å². The maximum atomic E-state index is 13.0. The molecule has 0 unspecified atom stereocenters. The lowest BCUT2D eigenvalue weighted by Gasteiger charge is -2.41. The van der Waals surface area contributed by atoms with Crippen molar-refractivity contribution in [1.29, 1.82) is 0 Å². The van der Waals surface area contributed by atoms with Gasteiger partial charge in [-0.2, -0.15) is 0 Å². The van der Waals surface area contributed by atoms with Crippen molar-refractivity contribution in [3.8, 4) is 5.75 Å². The molecular weight excluding hydrogens is 366 g/mol. The van der Waals surface area contributed by atoms with E-state index < -0.39 is 0 Å². The van der Waals surface area contributed by atoms with Crippen molar-refractivity contribution in [2.24, 2.45) is 0 Å². The second-order valence-corrected chi connectivity index (χ2v) is 7.79. The molecule has 2 rings (SSSR count). The largest absolute Gasteiger partial charge is 0.495 e. The number of amides is 2. The van der Waals surface area contributed by atoms with E-state index in [0.717, 1.165) is 19.3 Å². The van der Waals surface area contributed by atoms with Crippen LogP contribution < -0.4 is 10.1 Å². The number of carbonyl (C=O) groups is 2. The highest BCUT2D eigenvalue weighted by Gasteiger charge is 2.33. The third-order valence-electron chi connectivity index (χ3n) is 5.30. The Morgan fingerprint density at radius 3 is 2.56 bits per heavy atom. The van der Waals surface area contributed by atoms with E-state index in [-0.39, 0.29) is 36.5 Å². The van der Waals surface area contributed by atoms with E-state index in [1.54, 1.807) is 30.1 Å². The first-order valence-corrected chi connectivity index (χ1v) is 9.78. The Balaban J connectivity index is 1.99. The summed E-state index contributed by atoms with van der Waals surface area (Å²) in [6.45, 7) is 6.14. The summed E-state index contributed by atoms with van der Waals surface area (Å²) in [5.74, 6) is 0.387. The molecule has 0 bridgehead atoms. The van der Waals surface area contributed by atoms with Crippen molar-refractivity contribution in [3.05, 3.63) is 23.2 Å². The summed E-state index contributed by atoms with van der Waals surface area (Å²) in [5, 5.41) is 3.32. The van der Waals surface area contributed by atoms with E-state index in [1.165, 1.54) is 7.11 Å². The number of benzene rings is 1. The Hall–Kier alpha value is -1.79. The summed E-state index contributed by atoms with van der Waals surface area (Å²) in [6.07, 6.45) is 3.21. The van der Waals surface area contributed by atoms with Crippen molar-refractivity contribution in [3.63, 3.8) is 0 Å². The van der Waals surface area contributed by atoms with Crippen LogP contribution in [0.3, 0.4) is 0 Å². The number of piperidine rings is 1. The maximum absolute atomic E-state index is 13.0. The van der Waals surface area contributed by atoms with E-state index in [4.69, 9.17) is 16.3 Å². The molecule has 1 saturated heterocycles. The van der Waals surface area contributed by atoms with Gasteiger partial charge in [-0.1, -0.05) is 11.6 Å². The van der Waals surface area contributed by atoms with Crippen LogP contribution in [-0.2, 0) is 9.59 Å². The predicted octanol–water partition coefficient (Wildman–Crippen LogP) is 3.40. The summed E-state index contributed by atoms with van der Waals surface area (Å²) in [6, 6.07) is 5.14. The van der Waals surface area contributed by atoms with Crippen LogP contribution in [0.25, 0.3) is 0 Å². The molecule has 1 aliphatic rings. The predicted molar refractivity (Wildman–Crippen MR) is 108 cm³/mol. The first-order valence-electron chi connectivity index (χ1n) is 9.40. The van der Waals surface area contributed by atoms with Crippen LogP contribution in [-0.4, -0.2) is 60.4 Å². The topological polar surface area (TPSA) is 61.9 Å². The number of methoxy groups -OCH3 is 1. The number of hydrogen-bond acceptors (Lipinski definition) is 4. The Bertz CT molecular complexity index is 672. The third-order valence-corrected chi connectivity index (χ3v) is 5.53. The van der Waals surface area contributed by atoms with Crippen molar-refractivity contribution in [2.45, 2.75) is 58.2 Å². The van der Waals surface area contributed by atoms with E-state index in [9.17, 15) is 9.59 Å². The van der Waals surface area contributed by atoms with E-state index in [1.807, 2.05) is 11.8 Å². The SMILES string of the molecule is COc1ccc(Cl)cc1NC(=O)CN(C)[C@H](C)C(=O)N1[C@H](C)CCC[C@H]1C. The number of likely N-dealkylation sites (tertiary alicyclic amines) is 1. The van der Waals surface area contributed by atoms with Gasteiger partial charge in [0.25, 0.3) is 0 Å². The van der Waals surface area contributed by atoms with Gasteiger partial charge < -0.3 is 15.0 Å². The molecule has 0 aliphatic carbocycles. The number of rotatable bonds is 6. The number of nitrogens with zero attached hydrogens (tertiary/aromatic N) is 2. The molecule has 27 heavy (non-hydrogen) atoms. The van der Waals surface area contributed by atoms with E-state index in [2.05, 4.69) is 19.2 Å². The number of anilines is 1. The second-order valence-electron chi connectivity index (χ2n) is 7.36. The summed E-state index contributed by atoms with van der Waals surface area (Å²) >= 11 is 6.00. The van der Waals surface area contributed by atoms with Gasteiger partial charge in [-0.3, -0.25) is 14.5 Å². The average molecular weight is 396 g/mol. The monoisotopic (exact) mass is 395 g/mol. The quantitative estimate of drug-likeness (QED) is 0.801. The van der Waals surface area contributed by atoms with Gasteiger partial charge in [-0.15, -0.1) is 0 Å². The first kappa shape index (κ1) is 21.5. The maximum Gasteiger partial charge on any atom is 0.240 e. The lowest BCUT2D eigenvalue weighted by Crippen LogP contribution is -2.54. The van der Waals surface area contributed by atoms with Crippen LogP contribution in [0.15, 0.2) is 18.2 Å². The summed E-state index contributed by atoms with van der Waals surface area (Å²) in [7, 11) is 3.32. The number of nitrogens with one attached hydrogen (secondary N) is 1. The number of hydrogen-bond donors (Lipinski definition) is 1. The summed E-state index contributed by atoms with van der Waals surface area (Å²) < 4.78 is 5.25. The van der Waals surface area contributed by atoms with Crippen LogP contribution >= 0.6 is 11.6 Å². The van der Waals surface area contributed by atoms with Crippen molar-refractivity contribution >= 4 is 29.1 Å². The Kier molecular flexibility index (Phi) is 7.50. The molecule has 1 heterocycles. The second kappa shape index (κ2) is 9.42. The van der Waals surface area contributed by atoms with Crippen LogP contribution in [0.5, 0.6) is 5.75 Å². The van der Waals surface area contributed by atoms with Gasteiger partial charge in [-0.05, 0) is 65.3 Å². The number of ether oxygens (including phenoxy) is 1. The molecule has 1 fully saturated rings. The summed E-state index contributed by atoms with van der Waals surface area (Å²) in [4.78, 5) is 29.2. The van der Waals surface area contributed by atoms with E-state index >= 15 is 0 Å². The zero-order chi connectivity index (χ0) is 20.1. The third kappa shape index (κ3) is 5.36. The lowest BCUT2D eigenvalue weighted by molar-refractivity contribution is -0.142. The molecule has 7 heteroatoms. The molecular formula is C20H30ClN3O3. The zero-order valence-corrected chi connectivity index (χ0v) is 17.5. The molecule has 0 saturated carbocycles. The Morgan fingerprint density at radius 1 is 1.33 bits per heavy atom. The minimum absolute atomic E-state index is 0.0744. The van der Waals surface area contributed by atoms with Crippen molar-refractivity contribution in [1.82, 2.24) is 9.80 Å². The summed E-state index contributed by atoms with van der Waals surface area (Å²) in [5.41, 5.74) is 0.514. The molecule has 1 N–H and O–H groups in total. The van der Waals surface area contributed by atoms with Gasteiger partial charge >= 0.3 is 0 Å². The molecule has 1 aliphatic heterocycles. The molecule has 0 spiro atoms. The molecule has 6 nitrogen and oxygen atoms in total. The average Bonchev–Trinajstić information content (AvgIpc) is 2.60. The Labute approximate surface area is 166 Å². The molecule has 2 amide bonds. The van der Waals surface area contributed by atoms with Crippen LogP contribution in [0.1, 0.15) is 40.0 Å². The van der Waals surface area contributed by atoms with Gasteiger partial charge in [0.2, 0.25) is 11.8 Å². The molecule has 3 atom stereocenters. The molecule has 150 valence electrons. The molecule has 0 aromatic heterocycles. The lowest BCUT2D eigenvalue weighted by atomic mass is 9.96. The highest BCUT2D eigenvalue weighted by atomic mass is 35.5. The fourth-order valence-electron chi connectivity index (χ4n) is 3.59. The highest BCUT2D eigenvalue weighted by molar-refractivity contribution is 6.31. The minimum atomic E-state index is -0.375. The smallest absolute Gasteiger partial charge is 0.240 e. The highest BCUT2D eigenvalue weighted by Crippen LogP contribution is 2.28. The van der Waals surface area contributed by atoms with Crippen LogP contribution in [0.2, 0.25) is 5.02 Å². The fraction of sp³-hybridized carbons (Fsp3) is 0.600.